The number of fused-ring (bicyclic) bond motifs is 1. The lowest BCUT2D eigenvalue weighted by Crippen LogP contribution is -2.32. The zero-order valence-corrected chi connectivity index (χ0v) is 17.1. The van der Waals surface area contributed by atoms with Crippen LogP contribution in [0.3, 0.4) is 0 Å². The molecule has 4 rings (SSSR count). The van der Waals surface area contributed by atoms with Gasteiger partial charge in [0.1, 0.15) is 10.6 Å². The van der Waals surface area contributed by atoms with Crippen molar-refractivity contribution < 1.29 is 17.9 Å². The summed E-state index contributed by atoms with van der Waals surface area (Å²) in [4.78, 5) is 12.5. The Morgan fingerprint density at radius 3 is 2.59 bits per heavy atom. The molecule has 3 aromatic rings. The summed E-state index contributed by atoms with van der Waals surface area (Å²) in [6, 6.07) is 13.8. The molecule has 1 aliphatic rings. The van der Waals surface area contributed by atoms with E-state index in [-0.39, 0.29) is 17.0 Å². The zero-order chi connectivity index (χ0) is 20.4. The summed E-state index contributed by atoms with van der Waals surface area (Å²) < 4.78 is 32.9. The van der Waals surface area contributed by atoms with Crippen molar-refractivity contribution in [1.82, 2.24) is 24.5 Å². The van der Waals surface area contributed by atoms with Crippen LogP contribution in [0.5, 0.6) is 5.75 Å². The Morgan fingerprint density at radius 1 is 1.10 bits per heavy atom. The van der Waals surface area contributed by atoms with E-state index in [1.165, 1.54) is 23.9 Å². The van der Waals surface area contributed by atoms with Gasteiger partial charge in [0.15, 0.2) is 0 Å². The number of amides is 1. The molecule has 1 aromatic heterocycles. The highest BCUT2D eigenvalue weighted by molar-refractivity contribution is 7.99. The zero-order valence-electron chi connectivity index (χ0n) is 15.4. The lowest BCUT2D eigenvalue weighted by atomic mass is 10.2. The molecular weight excluding hydrogens is 414 g/mol. The number of hydrogen-bond donors (Lipinski definition) is 0. The number of carbonyl (C=O) groups is 1. The monoisotopic (exact) mass is 431 g/mol. The SMILES string of the molecule is COc1ccc(Cn2nnnc2SCCN2C(=O)c3ccccc3S2(=O)=O)cc1. The summed E-state index contributed by atoms with van der Waals surface area (Å²) >= 11 is 1.29. The minimum Gasteiger partial charge on any atom is -0.497 e. The first-order valence-corrected chi connectivity index (χ1v) is 11.1. The predicted molar refractivity (Wildman–Crippen MR) is 105 cm³/mol. The van der Waals surface area contributed by atoms with Crippen LogP contribution in [0.2, 0.25) is 0 Å². The van der Waals surface area contributed by atoms with Gasteiger partial charge < -0.3 is 4.74 Å². The number of thioether (sulfide) groups is 1. The van der Waals surface area contributed by atoms with Crippen LogP contribution < -0.4 is 4.74 Å². The van der Waals surface area contributed by atoms with Gasteiger partial charge in [0.05, 0.1) is 19.2 Å². The quantitative estimate of drug-likeness (QED) is 0.520. The number of sulfonamides is 1. The van der Waals surface area contributed by atoms with Gasteiger partial charge in [0.25, 0.3) is 15.9 Å². The number of ether oxygens (including phenoxy) is 1. The van der Waals surface area contributed by atoms with E-state index >= 15 is 0 Å². The van der Waals surface area contributed by atoms with Crippen molar-refractivity contribution >= 4 is 27.7 Å². The summed E-state index contributed by atoms with van der Waals surface area (Å²) in [6.45, 7) is 0.502. The normalized spacial score (nSPS) is 14.8. The van der Waals surface area contributed by atoms with Gasteiger partial charge in [-0.1, -0.05) is 36.0 Å². The molecule has 0 fully saturated rings. The summed E-state index contributed by atoms with van der Waals surface area (Å²) in [5.41, 5.74) is 1.20. The van der Waals surface area contributed by atoms with Crippen LogP contribution >= 0.6 is 11.8 Å². The Balaban J connectivity index is 1.41. The van der Waals surface area contributed by atoms with Gasteiger partial charge in [0, 0.05) is 12.3 Å². The van der Waals surface area contributed by atoms with E-state index in [9.17, 15) is 13.2 Å². The fourth-order valence-corrected chi connectivity index (χ4v) is 5.46. The van der Waals surface area contributed by atoms with Crippen LogP contribution in [-0.4, -0.2) is 58.2 Å². The summed E-state index contributed by atoms with van der Waals surface area (Å²) in [6.07, 6.45) is 0. The van der Waals surface area contributed by atoms with Crippen molar-refractivity contribution in [2.24, 2.45) is 0 Å². The van der Waals surface area contributed by atoms with E-state index in [0.717, 1.165) is 15.6 Å². The average Bonchev–Trinajstić information content (AvgIpc) is 3.25. The Labute approximate surface area is 171 Å². The van der Waals surface area contributed by atoms with Crippen LogP contribution in [0.1, 0.15) is 15.9 Å². The third kappa shape index (κ3) is 3.70. The summed E-state index contributed by atoms with van der Waals surface area (Å²) in [5, 5.41) is 12.2. The number of benzene rings is 2. The molecule has 2 heterocycles. The molecule has 9 nitrogen and oxygen atoms in total. The van der Waals surface area contributed by atoms with E-state index in [1.54, 1.807) is 23.9 Å². The fourth-order valence-electron chi connectivity index (χ4n) is 2.97. The van der Waals surface area contributed by atoms with Gasteiger partial charge in [0.2, 0.25) is 5.16 Å². The molecule has 1 amide bonds. The van der Waals surface area contributed by atoms with Crippen molar-refractivity contribution in [3.05, 3.63) is 59.7 Å². The first-order valence-electron chi connectivity index (χ1n) is 8.68. The largest absolute Gasteiger partial charge is 0.497 e. The van der Waals surface area contributed by atoms with Gasteiger partial charge in [-0.2, -0.15) is 0 Å². The van der Waals surface area contributed by atoms with Gasteiger partial charge in [-0.05, 0) is 40.3 Å². The van der Waals surface area contributed by atoms with Crippen LogP contribution in [0, 0.1) is 0 Å². The minimum absolute atomic E-state index is 0.0376. The first kappa shape index (κ1) is 19.4. The molecule has 0 bridgehead atoms. The van der Waals surface area contributed by atoms with E-state index < -0.39 is 15.9 Å². The van der Waals surface area contributed by atoms with Crippen LogP contribution in [0.25, 0.3) is 0 Å². The highest BCUT2D eigenvalue weighted by atomic mass is 32.2. The van der Waals surface area contributed by atoms with Crippen molar-refractivity contribution in [2.75, 3.05) is 19.4 Å². The van der Waals surface area contributed by atoms with E-state index in [2.05, 4.69) is 15.5 Å². The average molecular weight is 431 g/mol. The molecular formula is C18H17N5O4S2. The maximum atomic E-state index is 12.6. The number of nitrogens with zero attached hydrogens (tertiary/aromatic N) is 5. The highest BCUT2D eigenvalue weighted by Gasteiger charge is 2.40. The molecule has 150 valence electrons. The molecule has 11 heteroatoms. The number of aromatic nitrogens is 4. The Hall–Kier alpha value is -2.92. The molecule has 0 unspecified atom stereocenters. The summed E-state index contributed by atoms with van der Waals surface area (Å²) in [7, 11) is -2.20. The Kier molecular flexibility index (Phi) is 5.24. The van der Waals surface area contributed by atoms with Crippen molar-refractivity contribution in [2.45, 2.75) is 16.6 Å². The van der Waals surface area contributed by atoms with Crippen LogP contribution in [-0.2, 0) is 16.6 Å². The van der Waals surface area contributed by atoms with Crippen molar-refractivity contribution in [3.8, 4) is 5.75 Å². The molecule has 0 aliphatic carbocycles. The fraction of sp³-hybridized carbons (Fsp3) is 0.222. The third-order valence-corrected chi connectivity index (χ3v) is 7.21. The lowest BCUT2D eigenvalue weighted by molar-refractivity contribution is 0.0876. The molecule has 1 aliphatic heterocycles. The predicted octanol–water partition coefficient (Wildman–Crippen LogP) is 1.67. The number of methoxy groups -OCH3 is 1. The Bertz CT molecular complexity index is 1150. The molecule has 0 spiro atoms. The number of tetrazole rings is 1. The summed E-state index contributed by atoms with van der Waals surface area (Å²) in [5.74, 6) is 0.596. The van der Waals surface area contributed by atoms with Gasteiger partial charge in [-0.3, -0.25) is 4.79 Å². The smallest absolute Gasteiger partial charge is 0.269 e. The number of rotatable bonds is 7. The molecule has 0 atom stereocenters. The maximum absolute atomic E-state index is 12.6. The van der Waals surface area contributed by atoms with Gasteiger partial charge in [-0.25, -0.2) is 17.4 Å². The number of carbonyl (C=O) groups excluding carboxylic acids is 1. The maximum Gasteiger partial charge on any atom is 0.269 e. The second-order valence-corrected chi connectivity index (χ2v) is 9.09. The van der Waals surface area contributed by atoms with E-state index in [1.807, 2.05) is 24.3 Å². The van der Waals surface area contributed by atoms with Crippen LogP contribution in [0.15, 0.2) is 58.6 Å². The molecule has 29 heavy (non-hydrogen) atoms. The molecule has 2 aromatic carbocycles. The lowest BCUT2D eigenvalue weighted by Gasteiger charge is -2.14. The second kappa shape index (κ2) is 7.84. The standard InChI is InChI=1S/C18H17N5O4S2/c1-27-14-8-6-13(7-9-14)12-22-18(19-20-21-22)28-11-10-23-17(24)15-4-2-3-5-16(15)29(23,25)26/h2-9H,10-12H2,1H3. The molecule has 0 N–H and O–H groups in total. The topological polar surface area (TPSA) is 107 Å². The highest BCUT2D eigenvalue weighted by Crippen LogP contribution is 2.30. The second-order valence-electron chi connectivity index (χ2n) is 6.19. The molecule has 0 saturated heterocycles. The first-order chi connectivity index (χ1) is 14.0. The minimum atomic E-state index is -3.80. The number of hydrogen-bond acceptors (Lipinski definition) is 8. The van der Waals surface area contributed by atoms with Crippen molar-refractivity contribution in [1.29, 1.82) is 0 Å². The van der Waals surface area contributed by atoms with E-state index in [4.69, 9.17) is 4.74 Å². The third-order valence-electron chi connectivity index (χ3n) is 4.43. The Morgan fingerprint density at radius 2 is 1.86 bits per heavy atom. The molecule has 0 saturated carbocycles. The molecule has 0 radical (unpaired) electrons. The van der Waals surface area contributed by atoms with Crippen LogP contribution in [0.4, 0.5) is 0 Å². The van der Waals surface area contributed by atoms with Crippen molar-refractivity contribution in [3.63, 3.8) is 0 Å². The van der Waals surface area contributed by atoms with E-state index in [0.29, 0.717) is 17.5 Å². The van der Waals surface area contributed by atoms with Gasteiger partial charge in [-0.15, -0.1) is 5.10 Å². The van der Waals surface area contributed by atoms with Gasteiger partial charge >= 0.3 is 0 Å².